The number of anilines is 1. The van der Waals surface area contributed by atoms with Crippen LogP contribution < -0.4 is 4.90 Å². The summed E-state index contributed by atoms with van der Waals surface area (Å²) in [6.45, 7) is 4.68. The Balaban J connectivity index is 1.92. The van der Waals surface area contributed by atoms with E-state index in [-0.39, 0.29) is 5.91 Å². The molecular weight excluding hydrogens is 356 g/mol. The standard InChI is InChI=1S/C18H17ClN4OS/c1-12(2)11-23(17(24)13-5-7-15(19)8-6-13)18-22-21-16(25-18)14-4-3-9-20-10-14/h3-10,12H,11H2,1-2H3. The lowest BCUT2D eigenvalue weighted by molar-refractivity contribution is 0.0983. The van der Waals surface area contributed by atoms with Crippen LogP contribution in [-0.4, -0.2) is 27.6 Å². The lowest BCUT2D eigenvalue weighted by Gasteiger charge is -2.21. The quantitative estimate of drug-likeness (QED) is 0.658. The first-order valence-corrected chi connectivity index (χ1v) is 9.05. The molecule has 0 aliphatic rings. The van der Waals surface area contributed by atoms with E-state index >= 15 is 0 Å². The number of hydrogen-bond donors (Lipinski definition) is 0. The zero-order valence-electron chi connectivity index (χ0n) is 13.9. The summed E-state index contributed by atoms with van der Waals surface area (Å²) in [5.41, 5.74) is 1.46. The highest BCUT2D eigenvalue weighted by Crippen LogP contribution is 2.29. The highest BCUT2D eigenvalue weighted by Gasteiger charge is 2.23. The molecule has 0 fully saturated rings. The van der Waals surface area contributed by atoms with Crippen molar-refractivity contribution >= 4 is 34.0 Å². The molecule has 1 amide bonds. The molecule has 3 aromatic rings. The number of pyridine rings is 1. The van der Waals surface area contributed by atoms with Gasteiger partial charge in [-0.2, -0.15) is 0 Å². The average molecular weight is 373 g/mol. The van der Waals surface area contributed by atoms with Crippen LogP contribution in [0.5, 0.6) is 0 Å². The number of carbonyl (C=O) groups is 1. The maximum absolute atomic E-state index is 12.9. The van der Waals surface area contributed by atoms with Gasteiger partial charge in [0.05, 0.1) is 0 Å². The third-order valence-electron chi connectivity index (χ3n) is 3.44. The third-order valence-corrected chi connectivity index (χ3v) is 4.69. The van der Waals surface area contributed by atoms with E-state index in [0.29, 0.717) is 28.2 Å². The zero-order chi connectivity index (χ0) is 17.8. The van der Waals surface area contributed by atoms with Crippen molar-refractivity contribution in [3.05, 3.63) is 59.4 Å². The van der Waals surface area contributed by atoms with Crippen molar-refractivity contribution in [2.45, 2.75) is 13.8 Å². The van der Waals surface area contributed by atoms with Crippen LogP contribution in [0.1, 0.15) is 24.2 Å². The fourth-order valence-corrected chi connectivity index (χ4v) is 3.26. The van der Waals surface area contributed by atoms with Crippen LogP contribution in [0.3, 0.4) is 0 Å². The van der Waals surface area contributed by atoms with Gasteiger partial charge in [0, 0.05) is 35.1 Å². The van der Waals surface area contributed by atoms with Gasteiger partial charge in [0.2, 0.25) is 5.13 Å². The van der Waals surface area contributed by atoms with Gasteiger partial charge in [0.1, 0.15) is 0 Å². The molecule has 0 bridgehead atoms. The van der Waals surface area contributed by atoms with Crippen LogP contribution in [0, 0.1) is 5.92 Å². The van der Waals surface area contributed by atoms with E-state index in [0.717, 1.165) is 10.6 Å². The zero-order valence-corrected chi connectivity index (χ0v) is 15.5. The van der Waals surface area contributed by atoms with Crippen molar-refractivity contribution < 1.29 is 4.79 Å². The Morgan fingerprint density at radius 1 is 1.20 bits per heavy atom. The fourth-order valence-electron chi connectivity index (χ4n) is 2.29. The van der Waals surface area contributed by atoms with Crippen LogP contribution in [-0.2, 0) is 0 Å². The summed E-state index contributed by atoms with van der Waals surface area (Å²) >= 11 is 7.30. The van der Waals surface area contributed by atoms with Crippen molar-refractivity contribution in [2.75, 3.05) is 11.4 Å². The smallest absolute Gasteiger partial charge is 0.260 e. The van der Waals surface area contributed by atoms with Crippen molar-refractivity contribution in [3.63, 3.8) is 0 Å². The van der Waals surface area contributed by atoms with Crippen LogP contribution in [0.2, 0.25) is 5.02 Å². The minimum atomic E-state index is -0.112. The van der Waals surface area contributed by atoms with Crippen LogP contribution in [0.25, 0.3) is 10.6 Å². The molecule has 128 valence electrons. The molecule has 25 heavy (non-hydrogen) atoms. The van der Waals surface area contributed by atoms with E-state index in [9.17, 15) is 4.79 Å². The fraction of sp³-hybridized carbons (Fsp3) is 0.222. The van der Waals surface area contributed by atoms with E-state index < -0.39 is 0 Å². The summed E-state index contributed by atoms with van der Waals surface area (Å²) in [6, 6.07) is 10.6. The van der Waals surface area contributed by atoms with Gasteiger partial charge in [0.15, 0.2) is 5.01 Å². The SMILES string of the molecule is CC(C)CN(C(=O)c1ccc(Cl)cc1)c1nnc(-c2cccnc2)s1. The number of aromatic nitrogens is 3. The molecule has 0 aliphatic heterocycles. The molecule has 0 N–H and O–H groups in total. The molecule has 5 nitrogen and oxygen atoms in total. The van der Waals surface area contributed by atoms with Gasteiger partial charge in [-0.1, -0.05) is 36.8 Å². The molecule has 0 unspecified atom stereocenters. The van der Waals surface area contributed by atoms with E-state index in [1.54, 1.807) is 41.6 Å². The summed E-state index contributed by atoms with van der Waals surface area (Å²) in [4.78, 5) is 18.7. The van der Waals surface area contributed by atoms with Gasteiger partial charge in [-0.05, 0) is 42.3 Å². The molecule has 0 aliphatic carbocycles. The second kappa shape index (κ2) is 7.72. The maximum Gasteiger partial charge on any atom is 0.260 e. The van der Waals surface area contributed by atoms with Crippen molar-refractivity contribution in [2.24, 2.45) is 5.92 Å². The Hall–Kier alpha value is -2.31. The normalized spacial score (nSPS) is 10.9. The lowest BCUT2D eigenvalue weighted by atomic mass is 10.1. The molecule has 0 atom stereocenters. The first-order valence-electron chi connectivity index (χ1n) is 7.86. The molecule has 7 heteroatoms. The molecule has 2 aromatic heterocycles. The first-order chi connectivity index (χ1) is 12.0. The van der Waals surface area contributed by atoms with E-state index in [4.69, 9.17) is 11.6 Å². The van der Waals surface area contributed by atoms with E-state index in [2.05, 4.69) is 29.0 Å². The Kier molecular flexibility index (Phi) is 5.40. The highest BCUT2D eigenvalue weighted by molar-refractivity contribution is 7.18. The molecule has 0 radical (unpaired) electrons. The second-order valence-electron chi connectivity index (χ2n) is 5.95. The average Bonchev–Trinajstić information content (AvgIpc) is 3.10. The first kappa shape index (κ1) is 17.5. The summed E-state index contributed by atoms with van der Waals surface area (Å²) in [7, 11) is 0. The van der Waals surface area contributed by atoms with Crippen molar-refractivity contribution in [1.29, 1.82) is 0 Å². The van der Waals surface area contributed by atoms with Crippen LogP contribution in [0.4, 0.5) is 5.13 Å². The van der Waals surface area contributed by atoms with Crippen molar-refractivity contribution in [1.82, 2.24) is 15.2 Å². The number of nitrogens with zero attached hydrogens (tertiary/aromatic N) is 4. The molecular formula is C18H17ClN4OS. The Bertz CT molecular complexity index is 849. The summed E-state index contributed by atoms with van der Waals surface area (Å²) < 4.78 is 0. The Labute approximate surface area is 155 Å². The van der Waals surface area contributed by atoms with E-state index in [1.165, 1.54) is 11.3 Å². The predicted molar refractivity (Wildman–Crippen MR) is 101 cm³/mol. The number of benzene rings is 1. The minimum absolute atomic E-state index is 0.112. The number of hydrogen-bond acceptors (Lipinski definition) is 5. The van der Waals surface area contributed by atoms with Gasteiger partial charge in [0.25, 0.3) is 5.91 Å². The molecule has 0 saturated heterocycles. The number of amides is 1. The third kappa shape index (κ3) is 4.21. The molecule has 3 rings (SSSR count). The maximum atomic E-state index is 12.9. The predicted octanol–water partition coefficient (Wildman–Crippen LogP) is 4.56. The van der Waals surface area contributed by atoms with Gasteiger partial charge >= 0.3 is 0 Å². The summed E-state index contributed by atoms with van der Waals surface area (Å²) in [6.07, 6.45) is 3.44. The summed E-state index contributed by atoms with van der Waals surface area (Å²) in [5, 5.41) is 10.4. The Morgan fingerprint density at radius 2 is 1.96 bits per heavy atom. The van der Waals surface area contributed by atoms with Crippen LogP contribution >= 0.6 is 22.9 Å². The van der Waals surface area contributed by atoms with E-state index in [1.807, 2.05) is 12.1 Å². The molecule has 0 saturated carbocycles. The Morgan fingerprint density at radius 3 is 2.60 bits per heavy atom. The topological polar surface area (TPSA) is 59.0 Å². The number of carbonyl (C=O) groups excluding carboxylic acids is 1. The molecule has 0 spiro atoms. The minimum Gasteiger partial charge on any atom is -0.282 e. The lowest BCUT2D eigenvalue weighted by Crippen LogP contribution is -2.34. The second-order valence-corrected chi connectivity index (χ2v) is 7.34. The van der Waals surface area contributed by atoms with Gasteiger partial charge < -0.3 is 0 Å². The van der Waals surface area contributed by atoms with Gasteiger partial charge in [-0.25, -0.2) is 0 Å². The number of halogens is 1. The molecule has 2 heterocycles. The number of rotatable bonds is 5. The van der Waals surface area contributed by atoms with Gasteiger partial charge in [-0.15, -0.1) is 10.2 Å². The summed E-state index contributed by atoms with van der Waals surface area (Å²) in [5.74, 6) is 0.182. The highest BCUT2D eigenvalue weighted by atomic mass is 35.5. The van der Waals surface area contributed by atoms with Crippen LogP contribution in [0.15, 0.2) is 48.8 Å². The molecule has 1 aromatic carbocycles. The van der Waals surface area contributed by atoms with Crippen molar-refractivity contribution in [3.8, 4) is 10.6 Å². The van der Waals surface area contributed by atoms with Gasteiger partial charge in [-0.3, -0.25) is 14.7 Å². The largest absolute Gasteiger partial charge is 0.282 e. The monoisotopic (exact) mass is 372 g/mol.